The van der Waals surface area contributed by atoms with Gasteiger partial charge < -0.3 is 10.2 Å². The van der Waals surface area contributed by atoms with Crippen LogP contribution in [0.3, 0.4) is 0 Å². The molecule has 1 fully saturated rings. The largest absolute Gasteiger partial charge is 0.316 e. The first-order chi connectivity index (χ1) is 9.74. The molecular formula is C17H29N3. The molecule has 0 bridgehead atoms. The van der Waals surface area contributed by atoms with E-state index in [1.165, 1.54) is 43.6 Å². The minimum Gasteiger partial charge on any atom is -0.316 e. The van der Waals surface area contributed by atoms with Crippen LogP contribution in [-0.2, 0) is 13.1 Å². The van der Waals surface area contributed by atoms with Crippen LogP contribution in [0.15, 0.2) is 24.3 Å². The monoisotopic (exact) mass is 275 g/mol. The van der Waals surface area contributed by atoms with Crippen molar-refractivity contribution in [1.29, 1.82) is 0 Å². The molecular weight excluding hydrogens is 246 g/mol. The highest BCUT2D eigenvalue weighted by Crippen LogP contribution is 2.18. The van der Waals surface area contributed by atoms with Crippen molar-refractivity contribution in [2.45, 2.75) is 38.9 Å². The van der Waals surface area contributed by atoms with Gasteiger partial charge in [-0.15, -0.1) is 0 Å². The molecule has 2 rings (SSSR count). The van der Waals surface area contributed by atoms with Crippen molar-refractivity contribution < 1.29 is 0 Å². The van der Waals surface area contributed by atoms with Crippen molar-refractivity contribution >= 4 is 0 Å². The van der Waals surface area contributed by atoms with Crippen LogP contribution in [0.25, 0.3) is 0 Å². The summed E-state index contributed by atoms with van der Waals surface area (Å²) in [5.74, 6) is 0. The van der Waals surface area contributed by atoms with Gasteiger partial charge in [-0.3, -0.25) is 4.90 Å². The average molecular weight is 275 g/mol. The fourth-order valence-corrected chi connectivity index (χ4v) is 3.31. The Morgan fingerprint density at radius 1 is 1.30 bits per heavy atom. The first-order valence-corrected chi connectivity index (χ1v) is 7.88. The number of likely N-dealkylation sites (tertiary alicyclic amines) is 1. The minimum atomic E-state index is 0.751. The molecule has 1 aromatic rings. The van der Waals surface area contributed by atoms with Crippen molar-refractivity contribution in [3.63, 3.8) is 0 Å². The Morgan fingerprint density at radius 2 is 2.05 bits per heavy atom. The summed E-state index contributed by atoms with van der Waals surface area (Å²) in [6, 6.07) is 9.52. The highest BCUT2D eigenvalue weighted by atomic mass is 15.2. The van der Waals surface area contributed by atoms with Crippen molar-refractivity contribution in [3.05, 3.63) is 35.4 Å². The number of hydrogen-bond donors (Lipinski definition) is 1. The van der Waals surface area contributed by atoms with Gasteiger partial charge in [-0.1, -0.05) is 31.2 Å². The Bertz CT molecular complexity index is 405. The zero-order valence-electron chi connectivity index (χ0n) is 13.2. The van der Waals surface area contributed by atoms with Crippen LogP contribution in [0.4, 0.5) is 0 Å². The second kappa shape index (κ2) is 7.77. The van der Waals surface area contributed by atoms with Gasteiger partial charge in [-0.05, 0) is 51.2 Å². The van der Waals surface area contributed by atoms with E-state index in [-0.39, 0.29) is 0 Å². The Hall–Kier alpha value is -0.900. The molecule has 112 valence electrons. The third-order valence-corrected chi connectivity index (χ3v) is 4.35. The van der Waals surface area contributed by atoms with Gasteiger partial charge in [-0.25, -0.2) is 0 Å². The van der Waals surface area contributed by atoms with Crippen LogP contribution in [0.5, 0.6) is 0 Å². The topological polar surface area (TPSA) is 18.5 Å². The first kappa shape index (κ1) is 15.5. The summed E-state index contributed by atoms with van der Waals surface area (Å²) in [5.41, 5.74) is 2.87. The number of rotatable bonds is 7. The first-order valence-electron chi connectivity index (χ1n) is 7.88. The lowest BCUT2D eigenvalue weighted by Crippen LogP contribution is -2.38. The van der Waals surface area contributed by atoms with Crippen molar-refractivity contribution in [1.82, 2.24) is 15.1 Å². The van der Waals surface area contributed by atoms with Gasteiger partial charge in [0.05, 0.1) is 0 Å². The van der Waals surface area contributed by atoms with Crippen LogP contribution in [0.2, 0.25) is 0 Å². The molecule has 1 N–H and O–H groups in total. The lowest BCUT2D eigenvalue weighted by atomic mass is 10.1. The number of benzene rings is 1. The summed E-state index contributed by atoms with van der Waals surface area (Å²) in [6.07, 6.45) is 2.72. The molecule has 0 aromatic heterocycles. The molecule has 0 radical (unpaired) electrons. The smallest absolute Gasteiger partial charge is 0.0234 e. The zero-order chi connectivity index (χ0) is 14.4. The SMILES string of the molecule is CCN1CCCC1CN(C)Cc1ccccc1CNC. The van der Waals surface area contributed by atoms with Crippen LogP contribution in [-0.4, -0.2) is 49.6 Å². The summed E-state index contributed by atoms with van der Waals surface area (Å²) in [6.45, 7) is 7.93. The quantitative estimate of drug-likeness (QED) is 0.824. The molecule has 1 aliphatic heterocycles. The van der Waals surface area contributed by atoms with E-state index in [9.17, 15) is 0 Å². The van der Waals surface area contributed by atoms with E-state index in [1.807, 2.05) is 7.05 Å². The summed E-state index contributed by atoms with van der Waals surface area (Å²) in [7, 11) is 4.26. The van der Waals surface area contributed by atoms with Gasteiger partial charge in [0, 0.05) is 25.7 Å². The van der Waals surface area contributed by atoms with Gasteiger partial charge >= 0.3 is 0 Å². The van der Waals surface area contributed by atoms with E-state index in [2.05, 4.69) is 53.4 Å². The molecule has 1 atom stereocenters. The molecule has 0 aliphatic carbocycles. The molecule has 0 saturated carbocycles. The minimum absolute atomic E-state index is 0.751. The lowest BCUT2D eigenvalue weighted by Gasteiger charge is -2.28. The van der Waals surface area contributed by atoms with Gasteiger partial charge in [0.25, 0.3) is 0 Å². The highest BCUT2D eigenvalue weighted by molar-refractivity contribution is 5.26. The fourth-order valence-electron chi connectivity index (χ4n) is 3.31. The van der Waals surface area contributed by atoms with Crippen molar-refractivity contribution in [2.24, 2.45) is 0 Å². The normalized spacial score (nSPS) is 19.9. The maximum Gasteiger partial charge on any atom is 0.0234 e. The maximum absolute atomic E-state index is 3.26. The third-order valence-electron chi connectivity index (χ3n) is 4.35. The summed E-state index contributed by atoms with van der Waals surface area (Å²) in [5, 5.41) is 3.26. The molecule has 3 nitrogen and oxygen atoms in total. The molecule has 1 aromatic carbocycles. The van der Waals surface area contributed by atoms with Crippen LogP contribution in [0.1, 0.15) is 30.9 Å². The zero-order valence-corrected chi connectivity index (χ0v) is 13.2. The number of hydrogen-bond acceptors (Lipinski definition) is 3. The Morgan fingerprint density at radius 3 is 2.75 bits per heavy atom. The molecule has 1 aliphatic rings. The maximum atomic E-state index is 3.26. The number of nitrogens with zero attached hydrogens (tertiary/aromatic N) is 2. The summed E-state index contributed by atoms with van der Waals surface area (Å²) in [4.78, 5) is 5.10. The van der Waals surface area contributed by atoms with E-state index in [4.69, 9.17) is 0 Å². The van der Waals surface area contributed by atoms with Gasteiger partial charge in [0.1, 0.15) is 0 Å². The fraction of sp³-hybridized carbons (Fsp3) is 0.647. The second-order valence-corrected chi connectivity index (χ2v) is 5.92. The van der Waals surface area contributed by atoms with Gasteiger partial charge in [0.15, 0.2) is 0 Å². The molecule has 1 heterocycles. The van der Waals surface area contributed by atoms with Crippen molar-refractivity contribution in [2.75, 3.05) is 33.7 Å². The predicted molar refractivity (Wildman–Crippen MR) is 85.8 cm³/mol. The van der Waals surface area contributed by atoms with Crippen molar-refractivity contribution in [3.8, 4) is 0 Å². The molecule has 1 unspecified atom stereocenters. The van der Waals surface area contributed by atoms with Gasteiger partial charge in [0.2, 0.25) is 0 Å². The number of likely N-dealkylation sites (N-methyl/N-ethyl adjacent to an activating group) is 2. The van der Waals surface area contributed by atoms with E-state index in [0.717, 1.165) is 19.1 Å². The molecule has 0 spiro atoms. The van der Waals surface area contributed by atoms with Crippen LogP contribution in [0, 0.1) is 0 Å². The average Bonchev–Trinajstić information content (AvgIpc) is 2.88. The number of nitrogens with one attached hydrogen (secondary N) is 1. The Kier molecular flexibility index (Phi) is 6.02. The third kappa shape index (κ3) is 4.05. The Balaban J connectivity index is 1.92. The lowest BCUT2D eigenvalue weighted by molar-refractivity contribution is 0.194. The van der Waals surface area contributed by atoms with Crippen LogP contribution < -0.4 is 5.32 Å². The Labute approximate surface area is 124 Å². The van der Waals surface area contributed by atoms with E-state index >= 15 is 0 Å². The van der Waals surface area contributed by atoms with E-state index in [0.29, 0.717) is 0 Å². The molecule has 0 amide bonds. The molecule has 3 heteroatoms. The van der Waals surface area contributed by atoms with E-state index in [1.54, 1.807) is 0 Å². The van der Waals surface area contributed by atoms with Crippen LogP contribution >= 0.6 is 0 Å². The van der Waals surface area contributed by atoms with Gasteiger partial charge in [-0.2, -0.15) is 0 Å². The summed E-state index contributed by atoms with van der Waals surface area (Å²) < 4.78 is 0. The predicted octanol–water partition coefficient (Wildman–Crippen LogP) is 2.32. The second-order valence-electron chi connectivity index (χ2n) is 5.92. The molecule has 1 saturated heterocycles. The highest BCUT2D eigenvalue weighted by Gasteiger charge is 2.24. The standard InChI is InChI=1S/C17H29N3/c1-4-20-11-7-10-17(20)14-19(3)13-16-9-6-5-8-15(16)12-18-2/h5-6,8-9,17-18H,4,7,10-14H2,1-3H3. The molecule has 20 heavy (non-hydrogen) atoms. The van der Waals surface area contributed by atoms with E-state index < -0.39 is 0 Å². The summed E-state index contributed by atoms with van der Waals surface area (Å²) >= 11 is 0.